The van der Waals surface area contributed by atoms with Crippen LogP contribution in [0.5, 0.6) is 0 Å². The highest BCUT2D eigenvalue weighted by Crippen LogP contribution is 2.12. The van der Waals surface area contributed by atoms with E-state index in [1.165, 1.54) is 0 Å². The van der Waals surface area contributed by atoms with Gasteiger partial charge in [0.15, 0.2) is 5.82 Å². The van der Waals surface area contributed by atoms with Gasteiger partial charge in [-0.25, -0.2) is 9.67 Å². The minimum Gasteiger partial charge on any atom is -0.330 e. The molecule has 0 unspecified atom stereocenters. The van der Waals surface area contributed by atoms with E-state index in [-0.39, 0.29) is 0 Å². The standard InChI is InChI=1S/C10H11BrN4/c11-8-1-3-9(4-2-8)15-7-13-10(14-15)5-6-12/h1-4,7H,5-6,12H2. The van der Waals surface area contributed by atoms with Crippen LogP contribution in [-0.2, 0) is 6.42 Å². The van der Waals surface area contributed by atoms with Gasteiger partial charge in [0, 0.05) is 10.9 Å². The van der Waals surface area contributed by atoms with Crippen LogP contribution in [0.15, 0.2) is 35.1 Å². The molecule has 0 bridgehead atoms. The van der Waals surface area contributed by atoms with Gasteiger partial charge in [0.1, 0.15) is 6.33 Å². The van der Waals surface area contributed by atoms with Gasteiger partial charge >= 0.3 is 0 Å². The molecule has 0 saturated heterocycles. The molecular formula is C10H11BrN4. The summed E-state index contributed by atoms with van der Waals surface area (Å²) in [5.74, 6) is 0.778. The molecule has 0 saturated carbocycles. The van der Waals surface area contributed by atoms with Gasteiger partial charge in [-0.3, -0.25) is 0 Å². The van der Waals surface area contributed by atoms with Crippen LogP contribution in [0, 0.1) is 0 Å². The zero-order chi connectivity index (χ0) is 10.7. The van der Waals surface area contributed by atoms with Crippen molar-refractivity contribution in [3.63, 3.8) is 0 Å². The first-order valence-electron chi connectivity index (χ1n) is 4.66. The number of benzene rings is 1. The smallest absolute Gasteiger partial charge is 0.152 e. The molecule has 0 atom stereocenters. The summed E-state index contributed by atoms with van der Waals surface area (Å²) in [5.41, 5.74) is 6.43. The number of hydrogen-bond acceptors (Lipinski definition) is 3. The molecule has 1 heterocycles. The topological polar surface area (TPSA) is 56.7 Å². The summed E-state index contributed by atoms with van der Waals surface area (Å²) in [6, 6.07) is 7.90. The van der Waals surface area contributed by atoms with Gasteiger partial charge in [-0.15, -0.1) is 0 Å². The van der Waals surface area contributed by atoms with Crippen LogP contribution >= 0.6 is 15.9 Å². The molecule has 0 amide bonds. The van der Waals surface area contributed by atoms with E-state index in [0.29, 0.717) is 13.0 Å². The van der Waals surface area contributed by atoms with Crippen LogP contribution in [0.2, 0.25) is 0 Å². The Kier molecular flexibility index (Phi) is 3.13. The van der Waals surface area contributed by atoms with Crippen LogP contribution in [0.1, 0.15) is 5.82 Å². The lowest BCUT2D eigenvalue weighted by Gasteiger charge is -1.99. The van der Waals surface area contributed by atoms with Crippen molar-refractivity contribution in [1.29, 1.82) is 0 Å². The van der Waals surface area contributed by atoms with Gasteiger partial charge in [0.25, 0.3) is 0 Å². The zero-order valence-corrected chi connectivity index (χ0v) is 9.68. The molecule has 2 rings (SSSR count). The SMILES string of the molecule is NCCc1ncn(-c2ccc(Br)cc2)n1. The molecule has 0 fully saturated rings. The lowest BCUT2D eigenvalue weighted by atomic mass is 10.3. The summed E-state index contributed by atoms with van der Waals surface area (Å²) in [6.45, 7) is 0.574. The average molecular weight is 267 g/mol. The molecule has 5 heteroatoms. The number of nitrogens with zero attached hydrogens (tertiary/aromatic N) is 3. The van der Waals surface area contributed by atoms with Crippen molar-refractivity contribution in [2.75, 3.05) is 6.54 Å². The third-order valence-electron chi connectivity index (χ3n) is 2.00. The lowest BCUT2D eigenvalue weighted by molar-refractivity contribution is 0.816. The number of aromatic nitrogens is 3. The molecule has 2 N–H and O–H groups in total. The van der Waals surface area contributed by atoms with E-state index in [1.54, 1.807) is 11.0 Å². The summed E-state index contributed by atoms with van der Waals surface area (Å²) in [5, 5.41) is 4.31. The van der Waals surface area contributed by atoms with Gasteiger partial charge < -0.3 is 5.73 Å². The molecule has 4 nitrogen and oxygen atoms in total. The predicted molar refractivity (Wildman–Crippen MR) is 61.8 cm³/mol. The number of hydrogen-bond donors (Lipinski definition) is 1. The lowest BCUT2D eigenvalue weighted by Crippen LogP contribution is -2.04. The van der Waals surface area contributed by atoms with E-state index < -0.39 is 0 Å². The number of nitrogens with two attached hydrogens (primary N) is 1. The molecule has 0 radical (unpaired) electrons. The Morgan fingerprint density at radius 1 is 1.27 bits per heavy atom. The van der Waals surface area contributed by atoms with Gasteiger partial charge in [-0.2, -0.15) is 5.10 Å². The predicted octanol–water partition coefficient (Wildman–Crippen LogP) is 1.53. The fraction of sp³-hybridized carbons (Fsp3) is 0.200. The van der Waals surface area contributed by atoms with Crippen molar-refractivity contribution in [1.82, 2.24) is 14.8 Å². The fourth-order valence-corrected chi connectivity index (χ4v) is 1.52. The van der Waals surface area contributed by atoms with Crippen molar-refractivity contribution in [2.24, 2.45) is 5.73 Å². The fourth-order valence-electron chi connectivity index (χ4n) is 1.26. The third-order valence-corrected chi connectivity index (χ3v) is 2.53. The zero-order valence-electron chi connectivity index (χ0n) is 8.10. The Morgan fingerprint density at radius 2 is 2.00 bits per heavy atom. The second-order valence-corrected chi connectivity index (χ2v) is 4.04. The van der Waals surface area contributed by atoms with E-state index in [4.69, 9.17) is 5.73 Å². The van der Waals surface area contributed by atoms with Crippen molar-refractivity contribution in [2.45, 2.75) is 6.42 Å². The first-order chi connectivity index (χ1) is 7.29. The van der Waals surface area contributed by atoms with Crippen molar-refractivity contribution >= 4 is 15.9 Å². The molecule has 0 aliphatic rings. The monoisotopic (exact) mass is 266 g/mol. The minimum absolute atomic E-state index is 0.574. The average Bonchev–Trinajstić information content (AvgIpc) is 2.68. The van der Waals surface area contributed by atoms with E-state index in [9.17, 15) is 0 Å². The molecular weight excluding hydrogens is 256 g/mol. The number of rotatable bonds is 3. The summed E-state index contributed by atoms with van der Waals surface area (Å²) in [4.78, 5) is 4.16. The van der Waals surface area contributed by atoms with E-state index in [2.05, 4.69) is 26.0 Å². The molecule has 0 spiro atoms. The Balaban J connectivity index is 2.25. The van der Waals surface area contributed by atoms with Crippen LogP contribution in [-0.4, -0.2) is 21.3 Å². The first-order valence-corrected chi connectivity index (χ1v) is 5.45. The van der Waals surface area contributed by atoms with Crippen LogP contribution < -0.4 is 5.73 Å². The van der Waals surface area contributed by atoms with Crippen molar-refractivity contribution in [3.05, 3.63) is 40.9 Å². The maximum Gasteiger partial charge on any atom is 0.152 e. The van der Waals surface area contributed by atoms with Gasteiger partial charge in [-0.1, -0.05) is 15.9 Å². The summed E-state index contributed by atoms with van der Waals surface area (Å²) in [7, 11) is 0. The molecule has 1 aromatic heterocycles. The van der Waals surface area contributed by atoms with Gasteiger partial charge in [0.2, 0.25) is 0 Å². The normalized spacial score (nSPS) is 10.5. The van der Waals surface area contributed by atoms with Crippen LogP contribution in [0.25, 0.3) is 5.69 Å². The highest BCUT2D eigenvalue weighted by molar-refractivity contribution is 9.10. The second-order valence-electron chi connectivity index (χ2n) is 3.12. The second kappa shape index (κ2) is 4.55. The first kappa shape index (κ1) is 10.3. The summed E-state index contributed by atoms with van der Waals surface area (Å²) in [6.07, 6.45) is 2.41. The van der Waals surface area contributed by atoms with Crippen molar-refractivity contribution < 1.29 is 0 Å². The van der Waals surface area contributed by atoms with Gasteiger partial charge in [-0.05, 0) is 30.8 Å². The third kappa shape index (κ3) is 2.43. The van der Waals surface area contributed by atoms with E-state index in [1.807, 2.05) is 24.3 Å². The molecule has 78 valence electrons. The largest absolute Gasteiger partial charge is 0.330 e. The maximum atomic E-state index is 5.43. The molecule has 2 aromatic rings. The molecule has 15 heavy (non-hydrogen) atoms. The Morgan fingerprint density at radius 3 is 2.67 bits per heavy atom. The van der Waals surface area contributed by atoms with E-state index in [0.717, 1.165) is 16.0 Å². The molecule has 0 aliphatic heterocycles. The Labute approximate surface area is 96.3 Å². The van der Waals surface area contributed by atoms with E-state index >= 15 is 0 Å². The quantitative estimate of drug-likeness (QED) is 0.917. The maximum absolute atomic E-state index is 5.43. The minimum atomic E-state index is 0.574. The molecule has 0 aliphatic carbocycles. The van der Waals surface area contributed by atoms with Crippen molar-refractivity contribution in [3.8, 4) is 5.69 Å². The van der Waals surface area contributed by atoms with Crippen LogP contribution in [0.4, 0.5) is 0 Å². The van der Waals surface area contributed by atoms with Gasteiger partial charge in [0.05, 0.1) is 5.69 Å². The highest BCUT2D eigenvalue weighted by Gasteiger charge is 2.01. The Bertz CT molecular complexity index is 435. The summed E-state index contributed by atoms with van der Waals surface area (Å²) >= 11 is 3.39. The van der Waals surface area contributed by atoms with Crippen LogP contribution in [0.3, 0.4) is 0 Å². The highest BCUT2D eigenvalue weighted by atomic mass is 79.9. The Hall–Kier alpha value is -1.20. The molecule has 1 aromatic carbocycles. The summed E-state index contributed by atoms with van der Waals surface area (Å²) < 4.78 is 2.80. The number of halogens is 1.